The number of hydrogen-bond donors (Lipinski definition) is 3. The maximum Gasteiger partial charge on any atom is 0.333 e. The molecular weight excluding hydrogens is 262 g/mol. The van der Waals surface area contributed by atoms with Gasteiger partial charge in [0.2, 0.25) is 10.0 Å². The van der Waals surface area contributed by atoms with Crippen molar-refractivity contribution in [3.63, 3.8) is 0 Å². The van der Waals surface area contributed by atoms with Crippen LogP contribution in [0.2, 0.25) is 0 Å². The van der Waals surface area contributed by atoms with Gasteiger partial charge in [-0.1, -0.05) is 0 Å². The Morgan fingerprint density at radius 1 is 1.25 bits per heavy atom. The molecule has 10 heteroatoms. The van der Waals surface area contributed by atoms with Crippen LogP contribution in [0.1, 0.15) is 0 Å². The average Bonchev–Trinajstić information content (AvgIpc) is 2.10. The van der Waals surface area contributed by atoms with E-state index in [1.165, 1.54) is 0 Å². The van der Waals surface area contributed by atoms with Crippen LogP contribution in [0.4, 0.5) is 0 Å². The van der Waals surface area contributed by atoms with Crippen LogP contribution in [0, 0.1) is 0 Å². The minimum Gasteiger partial charge on any atom is -0.479 e. The van der Waals surface area contributed by atoms with Gasteiger partial charge in [0.15, 0.2) is 6.10 Å². The topological polar surface area (TPSA) is 138 Å². The number of aliphatic hydroxyl groups excluding tert-OH is 1. The molecule has 0 heterocycles. The normalized spacial score (nSPS) is 14.6. The quantitative estimate of drug-likeness (QED) is 0.463. The van der Waals surface area contributed by atoms with Crippen molar-refractivity contribution in [2.75, 3.05) is 24.3 Å². The molecule has 0 fully saturated rings. The van der Waals surface area contributed by atoms with E-state index in [0.717, 1.165) is 6.26 Å². The van der Waals surface area contributed by atoms with E-state index in [1.807, 2.05) is 0 Å². The van der Waals surface area contributed by atoms with E-state index in [0.29, 0.717) is 0 Å². The van der Waals surface area contributed by atoms with Crippen molar-refractivity contribution >= 4 is 25.8 Å². The molecule has 0 spiro atoms. The number of aliphatic hydroxyl groups is 1. The van der Waals surface area contributed by atoms with Crippen LogP contribution in [0.5, 0.6) is 0 Å². The maximum absolute atomic E-state index is 11.1. The van der Waals surface area contributed by atoms with Crippen LogP contribution < -0.4 is 4.72 Å². The Kier molecular flexibility index (Phi) is 5.32. The summed E-state index contributed by atoms with van der Waals surface area (Å²) in [7, 11) is -7.31. The first-order valence-corrected chi connectivity index (χ1v) is 7.81. The highest BCUT2D eigenvalue weighted by atomic mass is 32.2. The third kappa shape index (κ3) is 7.56. The number of sulfone groups is 1. The average molecular weight is 275 g/mol. The van der Waals surface area contributed by atoms with Gasteiger partial charge in [0.1, 0.15) is 9.84 Å². The SMILES string of the molecule is CS(=O)(=O)CCS(=O)(=O)NC[C@H](O)C(=O)O. The fraction of sp³-hybridized carbons (Fsp3) is 0.833. The van der Waals surface area contributed by atoms with Crippen LogP contribution in [-0.4, -0.2) is 63.4 Å². The summed E-state index contributed by atoms with van der Waals surface area (Å²) in [5, 5.41) is 17.0. The molecule has 0 saturated heterocycles. The Morgan fingerprint density at radius 2 is 1.75 bits per heavy atom. The molecule has 8 nitrogen and oxygen atoms in total. The van der Waals surface area contributed by atoms with Gasteiger partial charge in [-0.15, -0.1) is 0 Å². The molecule has 0 bridgehead atoms. The smallest absolute Gasteiger partial charge is 0.333 e. The molecule has 96 valence electrons. The third-order valence-corrected chi connectivity index (χ3v) is 4.06. The number of carboxylic acids is 1. The second-order valence-corrected chi connectivity index (χ2v) is 7.34. The van der Waals surface area contributed by atoms with Crippen LogP contribution in [0.15, 0.2) is 0 Å². The molecule has 0 amide bonds. The highest BCUT2D eigenvalue weighted by molar-refractivity contribution is 7.93. The van der Waals surface area contributed by atoms with Crippen molar-refractivity contribution in [3.05, 3.63) is 0 Å². The Labute approximate surface area is 93.2 Å². The minimum absolute atomic E-state index is 0.564. The van der Waals surface area contributed by atoms with Gasteiger partial charge in [0.05, 0.1) is 11.5 Å². The molecule has 0 aromatic heterocycles. The van der Waals surface area contributed by atoms with Crippen LogP contribution in [-0.2, 0) is 24.7 Å². The Hall–Kier alpha value is -0.710. The lowest BCUT2D eigenvalue weighted by atomic mass is 10.4. The zero-order valence-corrected chi connectivity index (χ0v) is 10.1. The van der Waals surface area contributed by atoms with Gasteiger partial charge in [-0.3, -0.25) is 0 Å². The summed E-state index contributed by atoms with van der Waals surface area (Å²) in [5.41, 5.74) is 0. The molecule has 3 N–H and O–H groups in total. The van der Waals surface area contributed by atoms with E-state index >= 15 is 0 Å². The Balaban J connectivity index is 4.22. The molecule has 0 saturated carbocycles. The van der Waals surface area contributed by atoms with E-state index in [9.17, 15) is 21.6 Å². The number of carboxylic acid groups (broad SMARTS) is 1. The lowest BCUT2D eigenvalue weighted by molar-refractivity contribution is -0.146. The molecule has 0 aromatic rings. The largest absolute Gasteiger partial charge is 0.479 e. The van der Waals surface area contributed by atoms with Gasteiger partial charge in [0.25, 0.3) is 0 Å². The molecule has 0 unspecified atom stereocenters. The Morgan fingerprint density at radius 3 is 2.12 bits per heavy atom. The molecule has 0 radical (unpaired) electrons. The maximum atomic E-state index is 11.1. The lowest BCUT2D eigenvalue weighted by Gasteiger charge is -2.08. The van der Waals surface area contributed by atoms with E-state index in [4.69, 9.17) is 10.2 Å². The van der Waals surface area contributed by atoms with Crippen molar-refractivity contribution in [1.29, 1.82) is 0 Å². The fourth-order valence-electron chi connectivity index (χ4n) is 0.626. The van der Waals surface area contributed by atoms with Crippen molar-refractivity contribution < 1.29 is 31.8 Å². The summed E-state index contributed by atoms with van der Waals surface area (Å²) in [4.78, 5) is 10.2. The summed E-state index contributed by atoms with van der Waals surface area (Å²) in [6, 6.07) is 0. The first kappa shape index (κ1) is 15.3. The van der Waals surface area contributed by atoms with Gasteiger partial charge in [-0.05, 0) is 0 Å². The number of rotatable bonds is 7. The predicted octanol–water partition coefficient (Wildman–Crippen LogP) is -2.60. The third-order valence-electron chi connectivity index (χ3n) is 1.50. The number of sulfonamides is 1. The molecule has 0 aliphatic heterocycles. The second-order valence-electron chi connectivity index (χ2n) is 3.15. The predicted molar refractivity (Wildman–Crippen MR) is 55.1 cm³/mol. The highest BCUT2D eigenvalue weighted by Crippen LogP contribution is 1.91. The van der Waals surface area contributed by atoms with E-state index in [1.54, 1.807) is 4.72 Å². The van der Waals surface area contributed by atoms with Gasteiger partial charge in [-0.2, -0.15) is 0 Å². The molecular formula is C6H13NO7S2. The van der Waals surface area contributed by atoms with Crippen LogP contribution in [0.3, 0.4) is 0 Å². The van der Waals surface area contributed by atoms with Crippen molar-refractivity contribution in [2.45, 2.75) is 6.10 Å². The van der Waals surface area contributed by atoms with Gasteiger partial charge in [-0.25, -0.2) is 26.4 Å². The first-order chi connectivity index (χ1) is 7.03. The van der Waals surface area contributed by atoms with E-state index in [-0.39, 0.29) is 0 Å². The lowest BCUT2D eigenvalue weighted by Crippen LogP contribution is -2.38. The summed E-state index contributed by atoms with van der Waals surface area (Å²) in [6.45, 7) is -0.693. The van der Waals surface area contributed by atoms with Gasteiger partial charge in [0, 0.05) is 12.8 Å². The molecule has 0 rings (SSSR count). The van der Waals surface area contributed by atoms with Gasteiger partial charge >= 0.3 is 5.97 Å². The van der Waals surface area contributed by atoms with E-state index in [2.05, 4.69) is 0 Å². The summed E-state index contributed by atoms with van der Waals surface area (Å²) in [5.74, 6) is -2.80. The number of carbonyl (C=O) groups is 1. The van der Waals surface area contributed by atoms with Crippen LogP contribution in [0.25, 0.3) is 0 Å². The van der Waals surface area contributed by atoms with Crippen molar-refractivity contribution in [3.8, 4) is 0 Å². The van der Waals surface area contributed by atoms with Gasteiger partial charge < -0.3 is 10.2 Å². The monoisotopic (exact) mass is 275 g/mol. The van der Waals surface area contributed by atoms with Crippen molar-refractivity contribution in [2.24, 2.45) is 0 Å². The number of nitrogens with one attached hydrogen (secondary N) is 1. The molecule has 1 atom stereocenters. The second kappa shape index (κ2) is 5.57. The zero-order chi connectivity index (χ0) is 13.0. The molecule has 0 aliphatic carbocycles. The van der Waals surface area contributed by atoms with E-state index < -0.39 is 50.0 Å². The standard InChI is InChI=1S/C6H13NO7S2/c1-15(11,12)2-3-16(13,14)7-4-5(8)6(9)10/h5,7-8H,2-4H2,1H3,(H,9,10)/t5-/m0/s1. The summed E-state index contributed by atoms with van der Waals surface area (Å²) < 4.78 is 45.4. The molecule has 0 aliphatic rings. The summed E-state index contributed by atoms with van der Waals surface area (Å²) in [6.07, 6.45) is -0.970. The molecule has 16 heavy (non-hydrogen) atoms. The minimum atomic E-state index is -3.90. The highest BCUT2D eigenvalue weighted by Gasteiger charge is 2.19. The zero-order valence-electron chi connectivity index (χ0n) is 8.45. The van der Waals surface area contributed by atoms with Crippen molar-refractivity contribution in [1.82, 2.24) is 4.72 Å². The fourth-order valence-corrected chi connectivity index (χ4v) is 3.27. The molecule has 0 aromatic carbocycles. The summed E-state index contributed by atoms with van der Waals surface area (Å²) >= 11 is 0. The number of hydrogen-bond acceptors (Lipinski definition) is 6. The number of aliphatic carboxylic acids is 1. The Bertz CT molecular complexity index is 437. The first-order valence-electron chi connectivity index (χ1n) is 4.09. The van der Waals surface area contributed by atoms with Crippen LogP contribution >= 0.6 is 0 Å².